The largest absolute Gasteiger partial charge is 0.318 e. The third-order valence-electron chi connectivity index (χ3n) is 5.71. The first kappa shape index (κ1) is 18.6. The highest BCUT2D eigenvalue weighted by Gasteiger charge is 2.37. The average molecular weight is 417 g/mol. The minimum atomic E-state index is -3.76. The van der Waals surface area contributed by atoms with Crippen LogP contribution in [0.1, 0.15) is 21.7 Å². The van der Waals surface area contributed by atoms with Gasteiger partial charge >= 0.3 is 0 Å². The zero-order chi connectivity index (χ0) is 21.0. The first-order valence-electron chi connectivity index (χ1n) is 9.71. The number of sulfonamides is 1. The van der Waals surface area contributed by atoms with E-state index in [1.807, 2.05) is 73.0 Å². The molecule has 1 aliphatic heterocycles. The van der Waals surface area contributed by atoms with Gasteiger partial charge in [0.1, 0.15) is 0 Å². The van der Waals surface area contributed by atoms with Gasteiger partial charge in [0.2, 0.25) is 0 Å². The van der Waals surface area contributed by atoms with Gasteiger partial charge in [-0.05, 0) is 49.6 Å². The second-order valence-electron chi connectivity index (χ2n) is 7.52. The van der Waals surface area contributed by atoms with Crippen molar-refractivity contribution in [1.82, 2.24) is 4.57 Å². The summed E-state index contributed by atoms with van der Waals surface area (Å²) >= 11 is 0. The summed E-state index contributed by atoms with van der Waals surface area (Å²) in [6, 6.07) is 22.3. The average Bonchev–Trinajstić information content (AvgIpc) is 3.16. The van der Waals surface area contributed by atoms with Crippen molar-refractivity contribution >= 4 is 32.3 Å². The Morgan fingerprint density at radius 1 is 0.900 bits per heavy atom. The number of nitrogens with zero attached hydrogens (tertiary/aromatic N) is 2. The van der Waals surface area contributed by atoms with Crippen LogP contribution in [0, 0.1) is 13.8 Å². The Hall–Kier alpha value is -3.38. The number of Topliss-reactive ketones (excluding diaryl/α,β-unsaturated/α-hetero) is 1. The van der Waals surface area contributed by atoms with Crippen LogP contribution >= 0.6 is 0 Å². The molecule has 0 radical (unpaired) electrons. The van der Waals surface area contributed by atoms with Crippen molar-refractivity contribution < 1.29 is 13.2 Å². The second-order valence-corrected chi connectivity index (χ2v) is 9.35. The van der Waals surface area contributed by atoms with Gasteiger partial charge in [0.05, 0.1) is 17.1 Å². The molecule has 6 heteroatoms. The van der Waals surface area contributed by atoms with Crippen molar-refractivity contribution in [2.75, 3.05) is 10.8 Å². The molecule has 5 nitrogen and oxygen atoms in total. The molecule has 0 atom stereocenters. The monoisotopic (exact) mass is 416 g/mol. The fourth-order valence-corrected chi connectivity index (χ4v) is 6.03. The maximum atomic E-state index is 13.3. The number of benzene rings is 3. The van der Waals surface area contributed by atoms with Crippen LogP contribution in [0.2, 0.25) is 0 Å². The van der Waals surface area contributed by atoms with Crippen LogP contribution in [0.25, 0.3) is 16.5 Å². The summed E-state index contributed by atoms with van der Waals surface area (Å²) in [7, 11) is -3.76. The Bertz CT molecular complexity index is 1410. The standard InChI is InChI=1S/C24H20N2O3S/c1-16-14-20(17(2)26(16)19-10-4-3-5-11-19)22(27)15-25-21-12-6-8-18-9-7-13-23(24(18)21)30(25,28)29/h3-14H,15H2,1-2H3. The van der Waals surface area contributed by atoms with Gasteiger partial charge in [0.25, 0.3) is 10.0 Å². The van der Waals surface area contributed by atoms with Crippen LogP contribution in [-0.4, -0.2) is 25.3 Å². The zero-order valence-corrected chi connectivity index (χ0v) is 17.5. The molecule has 150 valence electrons. The normalized spacial score (nSPS) is 14.4. The van der Waals surface area contributed by atoms with Gasteiger partial charge in [-0.25, -0.2) is 8.42 Å². The van der Waals surface area contributed by atoms with Crippen LogP contribution in [0.4, 0.5) is 5.69 Å². The van der Waals surface area contributed by atoms with Crippen LogP contribution in [0.15, 0.2) is 77.7 Å². The zero-order valence-electron chi connectivity index (χ0n) is 16.7. The number of hydrogen-bond acceptors (Lipinski definition) is 3. The summed E-state index contributed by atoms with van der Waals surface area (Å²) in [5.41, 5.74) is 3.80. The summed E-state index contributed by atoms with van der Waals surface area (Å²) in [4.78, 5) is 13.5. The van der Waals surface area contributed by atoms with E-state index in [0.717, 1.165) is 22.5 Å². The fourth-order valence-electron chi connectivity index (χ4n) is 4.36. The van der Waals surface area contributed by atoms with Crippen LogP contribution in [0.3, 0.4) is 0 Å². The first-order chi connectivity index (χ1) is 14.4. The number of anilines is 1. The van der Waals surface area contributed by atoms with Crippen molar-refractivity contribution in [3.63, 3.8) is 0 Å². The van der Waals surface area contributed by atoms with Crippen molar-refractivity contribution in [2.45, 2.75) is 18.7 Å². The summed E-state index contributed by atoms with van der Waals surface area (Å²) in [5.74, 6) is -0.223. The molecule has 0 N–H and O–H groups in total. The number of aryl methyl sites for hydroxylation is 1. The molecule has 0 bridgehead atoms. The number of ketones is 1. The quantitative estimate of drug-likeness (QED) is 0.456. The molecule has 0 spiro atoms. The van der Waals surface area contributed by atoms with E-state index < -0.39 is 10.0 Å². The minimum Gasteiger partial charge on any atom is -0.318 e. The lowest BCUT2D eigenvalue weighted by Gasteiger charge is -2.18. The molecule has 0 fully saturated rings. The number of aromatic nitrogens is 1. The molecule has 4 aromatic rings. The molecule has 1 aliphatic rings. The highest BCUT2D eigenvalue weighted by molar-refractivity contribution is 7.93. The summed E-state index contributed by atoms with van der Waals surface area (Å²) in [6.07, 6.45) is 0. The van der Waals surface area contributed by atoms with Gasteiger partial charge in [0, 0.05) is 28.0 Å². The van der Waals surface area contributed by atoms with Crippen molar-refractivity contribution in [2.24, 2.45) is 0 Å². The van der Waals surface area contributed by atoms with E-state index in [-0.39, 0.29) is 17.2 Å². The molecule has 30 heavy (non-hydrogen) atoms. The van der Waals surface area contributed by atoms with Gasteiger partial charge in [-0.15, -0.1) is 0 Å². The molecule has 0 unspecified atom stereocenters. The molecule has 1 aromatic heterocycles. The SMILES string of the molecule is Cc1cc(C(=O)CN2c3cccc4cccc(c34)S2(=O)=O)c(C)n1-c1ccccc1. The number of carbonyl (C=O) groups is 1. The molecule has 0 saturated heterocycles. The van der Waals surface area contributed by atoms with Gasteiger partial charge < -0.3 is 4.57 Å². The third-order valence-corrected chi connectivity index (χ3v) is 7.52. The van der Waals surface area contributed by atoms with E-state index in [9.17, 15) is 13.2 Å². The summed E-state index contributed by atoms with van der Waals surface area (Å²) < 4.78 is 29.6. The fraction of sp³-hybridized carbons (Fsp3) is 0.125. The lowest BCUT2D eigenvalue weighted by Crippen LogP contribution is -2.33. The Morgan fingerprint density at radius 3 is 2.33 bits per heavy atom. The van der Waals surface area contributed by atoms with E-state index >= 15 is 0 Å². The van der Waals surface area contributed by atoms with Crippen LogP contribution in [-0.2, 0) is 10.0 Å². The molecule has 3 aromatic carbocycles. The predicted molar refractivity (Wildman–Crippen MR) is 118 cm³/mol. The number of rotatable bonds is 4. The Balaban J connectivity index is 1.56. The Labute approximate surface area is 175 Å². The van der Waals surface area contributed by atoms with Crippen LogP contribution < -0.4 is 4.31 Å². The number of para-hydroxylation sites is 1. The van der Waals surface area contributed by atoms with E-state index in [1.54, 1.807) is 18.2 Å². The number of hydrogen-bond donors (Lipinski definition) is 0. The van der Waals surface area contributed by atoms with E-state index in [0.29, 0.717) is 16.6 Å². The smallest absolute Gasteiger partial charge is 0.265 e. The minimum absolute atomic E-state index is 0.223. The van der Waals surface area contributed by atoms with Gasteiger partial charge in [-0.1, -0.05) is 42.5 Å². The first-order valence-corrected chi connectivity index (χ1v) is 11.2. The van der Waals surface area contributed by atoms with Gasteiger partial charge in [0.15, 0.2) is 5.78 Å². The predicted octanol–water partition coefficient (Wildman–Crippen LogP) is 4.64. The highest BCUT2D eigenvalue weighted by atomic mass is 32.2. The Kier molecular flexibility index (Phi) is 4.08. The second kappa shape index (κ2) is 6.57. The van der Waals surface area contributed by atoms with Crippen molar-refractivity contribution in [1.29, 1.82) is 0 Å². The maximum Gasteiger partial charge on any atom is 0.265 e. The molecule has 2 heterocycles. The van der Waals surface area contributed by atoms with E-state index in [2.05, 4.69) is 0 Å². The molecule has 0 aliphatic carbocycles. The molecule has 0 amide bonds. The third kappa shape index (κ3) is 2.60. The number of carbonyl (C=O) groups excluding carboxylic acids is 1. The molecule has 0 saturated carbocycles. The molecule has 5 rings (SSSR count). The van der Waals surface area contributed by atoms with Crippen molar-refractivity contribution in [3.8, 4) is 5.69 Å². The van der Waals surface area contributed by atoms with Crippen LogP contribution in [0.5, 0.6) is 0 Å². The highest BCUT2D eigenvalue weighted by Crippen LogP contribution is 2.42. The summed E-state index contributed by atoms with van der Waals surface area (Å²) in [6.45, 7) is 3.61. The van der Waals surface area contributed by atoms with Gasteiger partial charge in [-0.3, -0.25) is 9.10 Å². The van der Waals surface area contributed by atoms with E-state index in [1.165, 1.54) is 4.31 Å². The Morgan fingerprint density at radius 2 is 1.60 bits per heavy atom. The lowest BCUT2D eigenvalue weighted by atomic mass is 10.1. The van der Waals surface area contributed by atoms with E-state index in [4.69, 9.17) is 0 Å². The molecular weight excluding hydrogens is 396 g/mol. The van der Waals surface area contributed by atoms with Crippen molar-refractivity contribution in [3.05, 3.63) is 89.7 Å². The van der Waals surface area contributed by atoms with Gasteiger partial charge in [-0.2, -0.15) is 0 Å². The maximum absolute atomic E-state index is 13.3. The summed E-state index contributed by atoms with van der Waals surface area (Å²) in [5, 5.41) is 1.54. The lowest BCUT2D eigenvalue weighted by molar-refractivity contribution is 0.100. The molecular formula is C24H20N2O3S. The topological polar surface area (TPSA) is 59.4 Å².